The summed E-state index contributed by atoms with van der Waals surface area (Å²) in [5, 5.41) is 9.14. The van der Waals surface area contributed by atoms with Gasteiger partial charge in [-0.25, -0.2) is 9.97 Å². The van der Waals surface area contributed by atoms with Gasteiger partial charge in [-0.05, 0) is 32.1 Å². The molecule has 6 nitrogen and oxygen atoms in total. The standard InChI is InChI=1S/C22H28N4O2/c1-25(13-14-27)22(28)17-9-6-12-26(15-17)21-18-10-5-11-19(18)23-20(24-21)16-7-3-2-4-8-16/h2-4,7-8,17,27H,5-6,9-15H2,1H3/t17-/m1/s1. The molecule has 1 amide bonds. The van der Waals surface area contributed by atoms with Crippen LogP contribution in [0.25, 0.3) is 11.4 Å². The lowest BCUT2D eigenvalue weighted by Gasteiger charge is -2.35. The van der Waals surface area contributed by atoms with Crippen LogP contribution in [0.5, 0.6) is 0 Å². The van der Waals surface area contributed by atoms with Gasteiger partial charge < -0.3 is 14.9 Å². The molecule has 1 aromatic carbocycles. The first-order chi connectivity index (χ1) is 13.7. The number of amides is 1. The second kappa shape index (κ2) is 8.27. The monoisotopic (exact) mass is 380 g/mol. The lowest BCUT2D eigenvalue weighted by atomic mass is 9.96. The third-order valence-corrected chi connectivity index (χ3v) is 5.83. The van der Waals surface area contributed by atoms with Crippen LogP contribution in [0.15, 0.2) is 30.3 Å². The van der Waals surface area contributed by atoms with Crippen molar-refractivity contribution in [3.8, 4) is 11.4 Å². The molecule has 28 heavy (non-hydrogen) atoms. The van der Waals surface area contributed by atoms with E-state index in [-0.39, 0.29) is 18.4 Å². The van der Waals surface area contributed by atoms with E-state index in [0.29, 0.717) is 13.1 Å². The second-order valence-electron chi connectivity index (χ2n) is 7.78. The molecule has 1 aliphatic carbocycles. The zero-order chi connectivity index (χ0) is 19.5. The number of aliphatic hydroxyl groups excluding tert-OH is 1. The lowest BCUT2D eigenvalue weighted by molar-refractivity contribution is -0.134. The summed E-state index contributed by atoms with van der Waals surface area (Å²) in [6.07, 6.45) is 5.00. The van der Waals surface area contributed by atoms with Crippen LogP contribution >= 0.6 is 0 Å². The van der Waals surface area contributed by atoms with Gasteiger partial charge in [0.25, 0.3) is 0 Å². The Balaban J connectivity index is 1.63. The van der Waals surface area contributed by atoms with Crippen LogP contribution in [0, 0.1) is 5.92 Å². The van der Waals surface area contributed by atoms with E-state index < -0.39 is 0 Å². The first kappa shape index (κ1) is 18.9. The Morgan fingerprint density at radius 1 is 1.21 bits per heavy atom. The number of hydrogen-bond donors (Lipinski definition) is 1. The summed E-state index contributed by atoms with van der Waals surface area (Å²) in [7, 11) is 1.77. The van der Waals surface area contributed by atoms with Crippen LogP contribution in [-0.4, -0.2) is 59.2 Å². The van der Waals surface area contributed by atoms with Gasteiger partial charge in [-0.3, -0.25) is 4.79 Å². The molecule has 4 rings (SSSR count). The molecule has 148 valence electrons. The average Bonchev–Trinajstić information content (AvgIpc) is 3.22. The number of rotatable bonds is 5. The van der Waals surface area contributed by atoms with Gasteiger partial charge in [-0.1, -0.05) is 30.3 Å². The largest absolute Gasteiger partial charge is 0.395 e. The molecule has 2 heterocycles. The average molecular weight is 380 g/mol. The van der Waals surface area contributed by atoms with Gasteiger partial charge in [0.2, 0.25) is 5.91 Å². The van der Waals surface area contributed by atoms with Crippen molar-refractivity contribution in [1.82, 2.24) is 14.9 Å². The zero-order valence-electron chi connectivity index (χ0n) is 16.5. The van der Waals surface area contributed by atoms with Gasteiger partial charge in [0.1, 0.15) is 5.82 Å². The maximum atomic E-state index is 12.7. The highest BCUT2D eigenvalue weighted by Crippen LogP contribution is 2.33. The van der Waals surface area contributed by atoms with Crippen molar-refractivity contribution in [3.63, 3.8) is 0 Å². The first-order valence-corrected chi connectivity index (χ1v) is 10.2. The van der Waals surface area contributed by atoms with E-state index in [9.17, 15) is 4.79 Å². The number of carbonyl (C=O) groups excluding carboxylic acids is 1. The van der Waals surface area contributed by atoms with Crippen molar-refractivity contribution in [1.29, 1.82) is 0 Å². The Labute approximate surface area is 166 Å². The van der Waals surface area contributed by atoms with Gasteiger partial charge in [0.05, 0.1) is 12.5 Å². The molecular formula is C22H28N4O2. The number of hydrogen-bond acceptors (Lipinski definition) is 5. The summed E-state index contributed by atoms with van der Waals surface area (Å²) < 4.78 is 0. The van der Waals surface area contributed by atoms with E-state index in [1.807, 2.05) is 30.3 Å². The van der Waals surface area contributed by atoms with Crippen LogP contribution in [0.4, 0.5) is 5.82 Å². The van der Waals surface area contributed by atoms with Crippen LogP contribution in [0.1, 0.15) is 30.5 Å². The minimum absolute atomic E-state index is 0.00146. The van der Waals surface area contributed by atoms with Crippen molar-refractivity contribution < 1.29 is 9.90 Å². The minimum atomic E-state index is -0.0440. The van der Waals surface area contributed by atoms with E-state index in [2.05, 4.69) is 4.90 Å². The Morgan fingerprint density at radius 2 is 2.04 bits per heavy atom. The molecule has 0 saturated carbocycles. The number of aliphatic hydroxyl groups is 1. The number of anilines is 1. The van der Waals surface area contributed by atoms with Crippen molar-refractivity contribution >= 4 is 11.7 Å². The summed E-state index contributed by atoms with van der Waals surface area (Å²) >= 11 is 0. The molecule has 2 aliphatic rings. The second-order valence-corrected chi connectivity index (χ2v) is 7.78. The third-order valence-electron chi connectivity index (χ3n) is 5.83. The molecule has 1 aliphatic heterocycles. The number of likely N-dealkylation sites (N-methyl/N-ethyl adjacent to an activating group) is 1. The molecule has 2 aromatic rings. The summed E-state index contributed by atoms with van der Waals surface area (Å²) in [4.78, 5) is 26.5. The molecule has 1 saturated heterocycles. The fourth-order valence-corrected chi connectivity index (χ4v) is 4.33. The summed E-state index contributed by atoms with van der Waals surface area (Å²) in [5.74, 6) is 1.87. The summed E-state index contributed by atoms with van der Waals surface area (Å²) in [6, 6.07) is 10.1. The highest BCUT2D eigenvalue weighted by Gasteiger charge is 2.31. The van der Waals surface area contributed by atoms with E-state index in [1.165, 1.54) is 5.56 Å². The highest BCUT2D eigenvalue weighted by molar-refractivity contribution is 5.79. The van der Waals surface area contributed by atoms with Crippen molar-refractivity contribution in [2.24, 2.45) is 5.92 Å². The number of nitrogens with zero attached hydrogens (tertiary/aromatic N) is 4. The van der Waals surface area contributed by atoms with E-state index in [1.54, 1.807) is 11.9 Å². The predicted molar refractivity (Wildman–Crippen MR) is 109 cm³/mol. The SMILES string of the molecule is CN(CCO)C(=O)[C@@H]1CCCN(c2nc(-c3ccccc3)nc3c2CCC3)C1. The van der Waals surface area contributed by atoms with Crippen LogP contribution in [0.3, 0.4) is 0 Å². The van der Waals surface area contributed by atoms with Crippen molar-refractivity contribution in [3.05, 3.63) is 41.6 Å². The molecule has 0 spiro atoms. The zero-order valence-corrected chi connectivity index (χ0v) is 16.5. The quantitative estimate of drug-likeness (QED) is 0.862. The molecule has 1 atom stereocenters. The maximum Gasteiger partial charge on any atom is 0.227 e. The molecule has 1 aromatic heterocycles. The van der Waals surface area contributed by atoms with Crippen LogP contribution in [-0.2, 0) is 17.6 Å². The summed E-state index contributed by atoms with van der Waals surface area (Å²) in [6.45, 7) is 1.99. The molecule has 0 bridgehead atoms. The van der Waals surface area contributed by atoms with E-state index >= 15 is 0 Å². The fraction of sp³-hybridized carbons (Fsp3) is 0.500. The number of piperidine rings is 1. The number of fused-ring (bicyclic) bond motifs is 1. The van der Waals surface area contributed by atoms with Gasteiger partial charge in [0.15, 0.2) is 5.82 Å². The van der Waals surface area contributed by atoms with E-state index in [4.69, 9.17) is 15.1 Å². The Kier molecular flexibility index (Phi) is 5.57. The molecule has 0 unspecified atom stereocenters. The molecule has 1 N–H and O–H groups in total. The molecular weight excluding hydrogens is 352 g/mol. The Morgan fingerprint density at radius 3 is 2.82 bits per heavy atom. The normalized spacial score (nSPS) is 18.8. The highest BCUT2D eigenvalue weighted by atomic mass is 16.3. The van der Waals surface area contributed by atoms with E-state index in [0.717, 1.165) is 61.5 Å². The predicted octanol–water partition coefficient (Wildman–Crippen LogP) is 2.30. The van der Waals surface area contributed by atoms with Gasteiger partial charge in [0, 0.05) is 43.5 Å². The van der Waals surface area contributed by atoms with Gasteiger partial charge >= 0.3 is 0 Å². The number of aromatic nitrogens is 2. The topological polar surface area (TPSA) is 69.6 Å². The Hall–Kier alpha value is -2.47. The molecule has 1 fully saturated rings. The summed E-state index contributed by atoms with van der Waals surface area (Å²) in [5.41, 5.74) is 3.46. The number of carbonyl (C=O) groups is 1. The Bertz CT molecular complexity index is 840. The van der Waals surface area contributed by atoms with Gasteiger partial charge in [-0.2, -0.15) is 0 Å². The molecule has 0 radical (unpaired) electrons. The lowest BCUT2D eigenvalue weighted by Crippen LogP contribution is -2.45. The minimum Gasteiger partial charge on any atom is -0.395 e. The van der Waals surface area contributed by atoms with Crippen LogP contribution in [0.2, 0.25) is 0 Å². The first-order valence-electron chi connectivity index (χ1n) is 10.2. The number of aryl methyl sites for hydroxylation is 1. The smallest absolute Gasteiger partial charge is 0.227 e. The van der Waals surface area contributed by atoms with Crippen molar-refractivity contribution in [2.75, 3.05) is 38.2 Å². The number of benzene rings is 1. The van der Waals surface area contributed by atoms with Gasteiger partial charge in [-0.15, -0.1) is 0 Å². The van der Waals surface area contributed by atoms with Crippen molar-refractivity contribution in [2.45, 2.75) is 32.1 Å². The van der Waals surface area contributed by atoms with Crippen LogP contribution < -0.4 is 4.90 Å². The fourth-order valence-electron chi connectivity index (χ4n) is 4.33. The maximum absolute atomic E-state index is 12.7. The molecule has 6 heteroatoms. The third kappa shape index (κ3) is 3.74.